The lowest BCUT2D eigenvalue weighted by atomic mass is 10.1. The summed E-state index contributed by atoms with van der Waals surface area (Å²) in [7, 11) is 0. The van der Waals surface area contributed by atoms with Crippen molar-refractivity contribution in [1.29, 1.82) is 0 Å². The molecule has 0 aliphatic carbocycles. The number of benzene rings is 2. The van der Waals surface area contributed by atoms with Crippen LogP contribution < -0.4 is 9.80 Å². The Balaban J connectivity index is 1.48. The molecule has 9 heteroatoms. The van der Waals surface area contributed by atoms with Gasteiger partial charge in [0, 0.05) is 56.2 Å². The monoisotopic (exact) mass is 442 g/mol. The number of hydrogen-bond donors (Lipinski definition) is 0. The van der Waals surface area contributed by atoms with Gasteiger partial charge in [0.05, 0.1) is 10.6 Å². The maximum atomic E-state index is 12.3. The number of amides is 2. The molecule has 0 unspecified atom stereocenters. The number of rotatable bonds is 5. The number of imide groups is 1. The van der Waals surface area contributed by atoms with Crippen LogP contribution in [0.4, 0.5) is 17.1 Å². The molecule has 162 valence electrons. The van der Waals surface area contributed by atoms with Gasteiger partial charge >= 0.3 is 0 Å². The molecule has 2 aliphatic rings. The Morgan fingerprint density at radius 2 is 1.74 bits per heavy atom. The second-order valence-corrected chi connectivity index (χ2v) is 8.43. The van der Waals surface area contributed by atoms with E-state index in [2.05, 4.69) is 4.90 Å². The molecule has 0 saturated carbocycles. The Kier molecular flexibility index (Phi) is 5.93. The molecule has 2 amide bonds. The van der Waals surface area contributed by atoms with Gasteiger partial charge in [0.25, 0.3) is 5.69 Å². The lowest BCUT2D eigenvalue weighted by molar-refractivity contribution is -0.384. The maximum absolute atomic E-state index is 12.3. The van der Waals surface area contributed by atoms with E-state index < -0.39 is 10.8 Å². The Morgan fingerprint density at radius 1 is 1.06 bits per heavy atom. The summed E-state index contributed by atoms with van der Waals surface area (Å²) in [5, 5.41) is 12.5. The molecular weight excluding hydrogens is 420 g/mol. The van der Waals surface area contributed by atoms with Crippen molar-refractivity contribution in [3.63, 3.8) is 0 Å². The van der Waals surface area contributed by atoms with Crippen molar-refractivity contribution in [1.82, 2.24) is 4.90 Å². The van der Waals surface area contributed by atoms with Gasteiger partial charge in [-0.15, -0.1) is 0 Å². The highest BCUT2D eigenvalue weighted by Crippen LogP contribution is 2.35. The molecule has 0 N–H and O–H groups in total. The molecule has 2 fully saturated rings. The third-order valence-corrected chi connectivity index (χ3v) is 6.07. The third-order valence-electron chi connectivity index (χ3n) is 5.82. The summed E-state index contributed by atoms with van der Waals surface area (Å²) >= 11 is 5.94. The predicted octanol–water partition coefficient (Wildman–Crippen LogP) is 3.47. The summed E-state index contributed by atoms with van der Waals surface area (Å²) in [5.41, 5.74) is 1.84. The summed E-state index contributed by atoms with van der Waals surface area (Å²) in [4.78, 5) is 41.1. The number of halogens is 1. The van der Waals surface area contributed by atoms with Gasteiger partial charge in [0.2, 0.25) is 11.8 Å². The van der Waals surface area contributed by atoms with Crippen molar-refractivity contribution in [2.75, 3.05) is 36.0 Å². The number of nitro groups is 1. The Hall–Kier alpha value is -2.97. The van der Waals surface area contributed by atoms with Crippen molar-refractivity contribution in [2.24, 2.45) is 5.92 Å². The van der Waals surface area contributed by atoms with Gasteiger partial charge in [-0.05, 0) is 29.8 Å². The number of carbonyl (C=O) groups is 2. The first-order chi connectivity index (χ1) is 14.8. The minimum atomic E-state index is -0.451. The summed E-state index contributed by atoms with van der Waals surface area (Å²) < 4.78 is 0. The number of nitrogens with zero attached hydrogens (tertiary/aromatic N) is 4. The molecule has 0 bridgehead atoms. The normalized spacial score (nSPS) is 19.9. The quantitative estimate of drug-likeness (QED) is 0.400. The minimum absolute atomic E-state index is 0.0937. The highest BCUT2D eigenvalue weighted by Gasteiger charge is 2.37. The highest BCUT2D eigenvalue weighted by molar-refractivity contribution is 6.30. The zero-order valence-electron chi connectivity index (χ0n) is 17.2. The molecule has 2 aromatic carbocycles. The van der Waals surface area contributed by atoms with Crippen LogP contribution >= 0.6 is 11.6 Å². The fraction of sp³-hybridized carbons (Fsp3) is 0.364. The molecule has 8 nitrogen and oxygen atoms in total. The van der Waals surface area contributed by atoms with Gasteiger partial charge in [-0.1, -0.05) is 30.7 Å². The Labute approximate surface area is 185 Å². The Morgan fingerprint density at radius 3 is 2.32 bits per heavy atom. The van der Waals surface area contributed by atoms with Crippen molar-refractivity contribution in [2.45, 2.75) is 19.9 Å². The second kappa shape index (κ2) is 8.64. The van der Waals surface area contributed by atoms with Gasteiger partial charge in [-0.25, -0.2) is 0 Å². The molecule has 31 heavy (non-hydrogen) atoms. The first kappa shape index (κ1) is 21.3. The smallest absolute Gasteiger partial charge is 0.294 e. The molecular formula is C22H23ClN4O4. The van der Waals surface area contributed by atoms with Crippen LogP contribution in [-0.2, 0) is 16.1 Å². The molecule has 0 aromatic heterocycles. The van der Waals surface area contributed by atoms with Gasteiger partial charge in [-0.2, -0.15) is 0 Å². The van der Waals surface area contributed by atoms with Crippen LogP contribution in [0.5, 0.6) is 0 Å². The fourth-order valence-electron chi connectivity index (χ4n) is 4.11. The van der Waals surface area contributed by atoms with E-state index >= 15 is 0 Å². The third kappa shape index (κ3) is 4.40. The van der Waals surface area contributed by atoms with E-state index in [1.807, 2.05) is 29.2 Å². The van der Waals surface area contributed by atoms with E-state index in [1.165, 1.54) is 11.6 Å². The molecule has 1 atom stereocenters. The summed E-state index contributed by atoms with van der Waals surface area (Å²) in [6.07, 6.45) is 0.129. The number of carbonyl (C=O) groups excluding carboxylic acids is 2. The van der Waals surface area contributed by atoms with Gasteiger partial charge in [0.15, 0.2) is 0 Å². The number of nitro benzene ring substituents is 1. The Bertz CT molecular complexity index is 1020. The van der Waals surface area contributed by atoms with E-state index in [9.17, 15) is 19.7 Å². The SMILES string of the molecule is C[C@@H]1CC(=O)N(c2ccc(N3CCN(Cc4ccc(Cl)cc4)CC3)c([N+](=O)[O-])c2)C1=O. The molecule has 4 rings (SSSR count). The van der Waals surface area contributed by atoms with Crippen LogP contribution in [-0.4, -0.2) is 47.8 Å². The average molecular weight is 443 g/mol. The zero-order valence-corrected chi connectivity index (χ0v) is 17.9. The lowest BCUT2D eigenvalue weighted by Gasteiger charge is -2.36. The van der Waals surface area contributed by atoms with Crippen LogP contribution in [0.1, 0.15) is 18.9 Å². The molecule has 2 aliphatic heterocycles. The molecule has 0 spiro atoms. The number of hydrogen-bond acceptors (Lipinski definition) is 6. The molecule has 2 saturated heterocycles. The minimum Gasteiger partial charge on any atom is -0.363 e. The largest absolute Gasteiger partial charge is 0.363 e. The highest BCUT2D eigenvalue weighted by atomic mass is 35.5. The van der Waals surface area contributed by atoms with Crippen LogP contribution in [0.15, 0.2) is 42.5 Å². The van der Waals surface area contributed by atoms with Crippen LogP contribution in [0.3, 0.4) is 0 Å². The second-order valence-electron chi connectivity index (χ2n) is 7.99. The standard InChI is InChI=1S/C22H23ClN4O4/c1-15-12-21(28)26(22(15)29)18-6-7-19(20(13-18)27(30)31)25-10-8-24(9-11-25)14-16-2-4-17(23)5-3-16/h2-7,13,15H,8-12,14H2,1H3/t15-/m1/s1. The van der Waals surface area contributed by atoms with E-state index in [0.717, 1.165) is 24.5 Å². The van der Waals surface area contributed by atoms with Crippen molar-refractivity contribution in [3.8, 4) is 0 Å². The fourth-order valence-corrected chi connectivity index (χ4v) is 4.24. The van der Waals surface area contributed by atoms with E-state index in [4.69, 9.17) is 11.6 Å². The topological polar surface area (TPSA) is 87.0 Å². The van der Waals surface area contributed by atoms with Crippen molar-refractivity contribution >= 4 is 40.5 Å². The molecule has 0 radical (unpaired) electrons. The first-order valence-electron chi connectivity index (χ1n) is 10.2. The average Bonchev–Trinajstić information content (AvgIpc) is 3.01. The van der Waals surface area contributed by atoms with Crippen LogP contribution in [0.2, 0.25) is 5.02 Å². The number of anilines is 2. The van der Waals surface area contributed by atoms with Crippen molar-refractivity contribution in [3.05, 3.63) is 63.2 Å². The maximum Gasteiger partial charge on any atom is 0.294 e. The predicted molar refractivity (Wildman–Crippen MR) is 118 cm³/mol. The van der Waals surface area contributed by atoms with Gasteiger partial charge in [0.1, 0.15) is 5.69 Å². The lowest BCUT2D eigenvalue weighted by Crippen LogP contribution is -2.46. The summed E-state index contributed by atoms with van der Waals surface area (Å²) in [6, 6.07) is 12.3. The van der Waals surface area contributed by atoms with Crippen LogP contribution in [0.25, 0.3) is 0 Å². The van der Waals surface area contributed by atoms with Crippen LogP contribution in [0, 0.1) is 16.0 Å². The molecule has 2 aromatic rings. The number of piperazine rings is 1. The van der Waals surface area contributed by atoms with E-state index in [-0.39, 0.29) is 29.6 Å². The van der Waals surface area contributed by atoms with Gasteiger partial charge < -0.3 is 4.90 Å². The summed E-state index contributed by atoms with van der Waals surface area (Å²) in [5.74, 6) is -1.04. The van der Waals surface area contributed by atoms with Gasteiger partial charge in [-0.3, -0.25) is 29.5 Å². The van der Waals surface area contributed by atoms with Crippen molar-refractivity contribution < 1.29 is 14.5 Å². The van der Waals surface area contributed by atoms with E-state index in [1.54, 1.807) is 19.1 Å². The first-order valence-corrected chi connectivity index (χ1v) is 10.6. The summed E-state index contributed by atoms with van der Waals surface area (Å²) in [6.45, 7) is 5.30. The zero-order chi connectivity index (χ0) is 22.1. The van der Waals surface area contributed by atoms with E-state index in [0.29, 0.717) is 23.8 Å². The molecule has 2 heterocycles.